The molecule has 3 rings (SSSR count). The minimum Gasteiger partial charge on any atom is -0.481 e. The van der Waals surface area contributed by atoms with Crippen molar-refractivity contribution in [3.8, 4) is 17.3 Å². The molecule has 1 aliphatic rings. The van der Waals surface area contributed by atoms with Crippen molar-refractivity contribution in [3.05, 3.63) is 42.1 Å². The Bertz CT molecular complexity index is 740. The van der Waals surface area contributed by atoms with Gasteiger partial charge < -0.3 is 14.5 Å². The van der Waals surface area contributed by atoms with Crippen LogP contribution in [0, 0.1) is 0 Å². The number of aromatic nitrogens is 2. The lowest BCUT2D eigenvalue weighted by Gasteiger charge is -2.24. The number of ether oxygens (including phenoxy) is 1. The summed E-state index contributed by atoms with van der Waals surface area (Å²) in [4.78, 5) is 25.6. The van der Waals surface area contributed by atoms with Gasteiger partial charge in [0.05, 0.1) is 7.11 Å². The summed E-state index contributed by atoms with van der Waals surface area (Å²) >= 11 is 0. The predicted octanol–water partition coefficient (Wildman–Crippen LogP) is 3.10. The predicted molar refractivity (Wildman–Crippen MR) is 106 cm³/mol. The number of likely N-dealkylation sites (tertiary alicyclic amines) is 1. The van der Waals surface area contributed by atoms with E-state index < -0.39 is 0 Å². The standard InChI is InChI=1S/C21H28N4O2/c1-24(15-16-25-13-5-3-4-6-14-25)21(26)18-9-7-17(8-10-18)20-22-12-11-19(23-20)27-2/h7-12H,3-6,13-16H2,1-2H3. The van der Waals surface area contributed by atoms with Gasteiger partial charge in [-0.2, -0.15) is 4.98 Å². The Morgan fingerprint density at radius 1 is 1.11 bits per heavy atom. The van der Waals surface area contributed by atoms with E-state index >= 15 is 0 Å². The number of amides is 1. The third kappa shape index (κ3) is 5.26. The van der Waals surface area contributed by atoms with Gasteiger partial charge in [0.25, 0.3) is 5.91 Å². The quantitative estimate of drug-likeness (QED) is 0.784. The van der Waals surface area contributed by atoms with Crippen LogP contribution in [-0.4, -0.2) is 66.0 Å². The van der Waals surface area contributed by atoms with Crippen molar-refractivity contribution in [2.75, 3.05) is 40.3 Å². The number of hydrogen-bond donors (Lipinski definition) is 0. The van der Waals surface area contributed by atoms with Crippen molar-refractivity contribution in [2.24, 2.45) is 0 Å². The van der Waals surface area contributed by atoms with E-state index in [1.807, 2.05) is 36.2 Å². The number of methoxy groups -OCH3 is 1. The van der Waals surface area contributed by atoms with Gasteiger partial charge in [0.1, 0.15) is 0 Å². The van der Waals surface area contributed by atoms with E-state index in [0.717, 1.165) is 31.7 Å². The average molecular weight is 368 g/mol. The van der Waals surface area contributed by atoms with Gasteiger partial charge in [0.2, 0.25) is 5.88 Å². The first kappa shape index (κ1) is 19.3. The summed E-state index contributed by atoms with van der Waals surface area (Å²) in [7, 11) is 3.45. The second-order valence-corrected chi connectivity index (χ2v) is 6.98. The highest BCUT2D eigenvalue weighted by Crippen LogP contribution is 2.18. The van der Waals surface area contributed by atoms with Crippen molar-refractivity contribution in [1.82, 2.24) is 19.8 Å². The molecule has 0 spiro atoms. The normalized spacial score (nSPS) is 15.2. The molecular formula is C21H28N4O2. The molecule has 1 aromatic carbocycles. The van der Waals surface area contributed by atoms with E-state index in [1.165, 1.54) is 25.7 Å². The lowest BCUT2D eigenvalue weighted by Crippen LogP contribution is -2.36. The van der Waals surface area contributed by atoms with Gasteiger partial charge in [-0.1, -0.05) is 25.0 Å². The Morgan fingerprint density at radius 3 is 2.48 bits per heavy atom. The summed E-state index contributed by atoms with van der Waals surface area (Å²) < 4.78 is 5.14. The Balaban J connectivity index is 1.59. The molecule has 0 aliphatic carbocycles. The van der Waals surface area contributed by atoms with E-state index in [-0.39, 0.29) is 5.91 Å². The van der Waals surface area contributed by atoms with E-state index in [9.17, 15) is 4.79 Å². The van der Waals surface area contributed by atoms with Gasteiger partial charge in [0, 0.05) is 43.5 Å². The molecule has 1 saturated heterocycles. The van der Waals surface area contributed by atoms with Crippen LogP contribution in [0.5, 0.6) is 5.88 Å². The third-order valence-electron chi connectivity index (χ3n) is 5.03. The zero-order valence-electron chi connectivity index (χ0n) is 16.2. The smallest absolute Gasteiger partial charge is 0.253 e. The molecule has 0 saturated carbocycles. The number of hydrogen-bond acceptors (Lipinski definition) is 5. The van der Waals surface area contributed by atoms with Crippen molar-refractivity contribution < 1.29 is 9.53 Å². The summed E-state index contributed by atoms with van der Waals surface area (Å²) in [5, 5.41) is 0. The number of carbonyl (C=O) groups excluding carboxylic acids is 1. The zero-order chi connectivity index (χ0) is 19.1. The fourth-order valence-corrected chi connectivity index (χ4v) is 3.33. The van der Waals surface area contributed by atoms with E-state index in [4.69, 9.17) is 4.74 Å². The fraction of sp³-hybridized carbons (Fsp3) is 0.476. The fourth-order valence-electron chi connectivity index (χ4n) is 3.33. The molecule has 6 nitrogen and oxygen atoms in total. The molecule has 0 bridgehead atoms. The number of nitrogens with zero attached hydrogens (tertiary/aromatic N) is 4. The summed E-state index contributed by atoms with van der Waals surface area (Å²) in [6, 6.07) is 9.14. The number of likely N-dealkylation sites (N-methyl/N-ethyl adjacent to an activating group) is 1. The van der Waals surface area contributed by atoms with Crippen LogP contribution in [0.15, 0.2) is 36.5 Å². The van der Waals surface area contributed by atoms with Gasteiger partial charge in [-0.25, -0.2) is 4.98 Å². The van der Waals surface area contributed by atoms with Gasteiger partial charge in [-0.15, -0.1) is 0 Å². The van der Waals surface area contributed by atoms with Gasteiger partial charge in [0.15, 0.2) is 5.82 Å². The van der Waals surface area contributed by atoms with Crippen molar-refractivity contribution in [1.29, 1.82) is 0 Å². The molecule has 1 aromatic heterocycles. The number of benzene rings is 1. The van der Waals surface area contributed by atoms with Crippen LogP contribution in [-0.2, 0) is 0 Å². The second kappa shape index (κ2) is 9.46. The highest BCUT2D eigenvalue weighted by Gasteiger charge is 2.15. The molecule has 6 heteroatoms. The lowest BCUT2D eigenvalue weighted by molar-refractivity contribution is 0.0778. The molecule has 0 unspecified atom stereocenters. The van der Waals surface area contributed by atoms with Crippen LogP contribution in [0.3, 0.4) is 0 Å². The van der Waals surface area contributed by atoms with Gasteiger partial charge >= 0.3 is 0 Å². The first-order chi connectivity index (χ1) is 13.2. The maximum absolute atomic E-state index is 12.7. The molecule has 1 amide bonds. The monoisotopic (exact) mass is 368 g/mol. The third-order valence-corrected chi connectivity index (χ3v) is 5.03. The molecule has 0 atom stereocenters. The maximum atomic E-state index is 12.7. The number of carbonyl (C=O) groups is 1. The van der Waals surface area contributed by atoms with Crippen LogP contribution in [0.1, 0.15) is 36.0 Å². The minimum absolute atomic E-state index is 0.0444. The summed E-state index contributed by atoms with van der Waals surface area (Å²) in [6.07, 6.45) is 6.86. The molecule has 0 N–H and O–H groups in total. The van der Waals surface area contributed by atoms with Crippen LogP contribution in [0.25, 0.3) is 11.4 Å². The topological polar surface area (TPSA) is 58.6 Å². The van der Waals surface area contributed by atoms with Crippen LogP contribution in [0.2, 0.25) is 0 Å². The highest BCUT2D eigenvalue weighted by molar-refractivity contribution is 5.94. The second-order valence-electron chi connectivity index (χ2n) is 6.98. The molecule has 144 valence electrons. The highest BCUT2D eigenvalue weighted by atomic mass is 16.5. The largest absolute Gasteiger partial charge is 0.481 e. The Hall–Kier alpha value is -2.47. The Morgan fingerprint density at radius 2 is 1.81 bits per heavy atom. The summed E-state index contributed by atoms with van der Waals surface area (Å²) in [6.45, 7) is 3.99. The average Bonchev–Trinajstić information content (AvgIpc) is 3.00. The minimum atomic E-state index is 0.0444. The Labute approximate surface area is 161 Å². The van der Waals surface area contributed by atoms with E-state index in [1.54, 1.807) is 19.4 Å². The van der Waals surface area contributed by atoms with E-state index in [0.29, 0.717) is 17.3 Å². The molecular weight excluding hydrogens is 340 g/mol. The van der Waals surface area contributed by atoms with Crippen molar-refractivity contribution in [2.45, 2.75) is 25.7 Å². The van der Waals surface area contributed by atoms with E-state index in [2.05, 4.69) is 14.9 Å². The molecule has 27 heavy (non-hydrogen) atoms. The molecule has 2 heterocycles. The molecule has 2 aromatic rings. The van der Waals surface area contributed by atoms with Gasteiger partial charge in [-0.05, 0) is 38.1 Å². The SMILES string of the molecule is COc1ccnc(-c2ccc(C(=O)N(C)CCN3CCCCCC3)cc2)n1. The molecule has 1 aliphatic heterocycles. The zero-order valence-corrected chi connectivity index (χ0v) is 16.2. The Kier molecular flexibility index (Phi) is 6.76. The first-order valence-corrected chi connectivity index (χ1v) is 9.62. The molecule has 0 radical (unpaired) electrons. The van der Waals surface area contributed by atoms with Crippen LogP contribution in [0.4, 0.5) is 0 Å². The van der Waals surface area contributed by atoms with Crippen molar-refractivity contribution >= 4 is 5.91 Å². The maximum Gasteiger partial charge on any atom is 0.253 e. The van der Waals surface area contributed by atoms with Crippen LogP contribution < -0.4 is 4.74 Å². The summed E-state index contributed by atoms with van der Waals surface area (Å²) in [5.41, 5.74) is 1.54. The summed E-state index contributed by atoms with van der Waals surface area (Å²) in [5.74, 6) is 1.15. The first-order valence-electron chi connectivity index (χ1n) is 9.62. The van der Waals surface area contributed by atoms with Crippen molar-refractivity contribution in [3.63, 3.8) is 0 Å². The van der Waals surface area contributed by atoms with Gasteiger partial charge in [-0.3, -0.25) is 4.79 Å². The number of rotatable bonds is 6. The molecule has 1 fully saturated rings. The lowest BCUT2D eigenvalue weighted by atomic mass is 10.1. The van der Waals surface area contributed by atoms with Crippen LogP contribution >= 0.6 is 0 Å².